The second kappa shape index (κ2) is 10.2. The van der Waals surface area contributed by atoms with Crippen molar-refractivity contribution in [2.75, 3.05) is 38.0 Å². The summed E-state index contributed by atoms with van der Waals surface area (Å²) in [5, 5.41) is 5.69. The maximum atomic E-state index is 12.1. The van der Waals surface area contributed by atoms with Gasteiger partial charge in [0.2, 0.25) is 11.8 Å². The number of piperidine rings is 1. The number of halogens is 1. The fraction of sp³-hybridized carbons (Fsp3) is 0.500. The van der Waals surface area contributed by atoms with Gasteiger partial charge in [0.25, 0.3) is 0 Å². The molecular weight excluding hydrogens is 316 g/mol. The molecule has 4 N–H and O–H groups in total. The van der Waals surface area contributed by atoms with E-state index in [0.717, 1.165) is 25.1 Å². The summed E-state index contributed by atoms with van der Waals surface area (Å²) >= 11 is 0. The smallest absolute Gasteiger partial charge is 0.238 e. The molecule has 0 saturated carbocycles. The Morgan fingerprint density at radius 1 is 1.26 bits per heavy atom. The minimum absolute atomic E-state index is 0. The molecule has 6 nitrogen and oxygen atoms in total. The van der Waals surface area contributed by atoms with Gasteiger partial charge in [0, 0.05) is 25.3 Å². The van der Waals surface area contributed by atoms with E-state index in [9.17, 15) is 9.59 Å². The molecule has 1 aromatic carbocycles. The van der Waals surface area contributed by atoms with Crippen LogP contribution in [0.25, 0.3) is 0 Å². The van der Waals surface area contributed by atoms with Crippen LogP contribution in [-0.4, -0.2) is 49.4 Å². The van der Waals surface area contributed by atoms with Crippen LogP contribution in [0.4, 0.5) is 5.69 Å². The minimum atomic E-state index is -0.0511. The third kappa shape index (κ3) is 6.56. The largest absolute Gasteiger partial charge is 0.355 e. The van der Waals surface area contributed by atoms with E-state index in [4.69, 9.17) is 5.73 Å². The Hall–Kier alpha value is -1.63. The number of nitrogens with zero attached hydrogens (tertiary/aromatic N) is 1. The van der Waals surface area contributed by atoms with E-state index in [1.165, 1.54) is 0 Å². The highest BCUT2D eigenvalue weighted by atomic mass is 35.5. The van der Waals surface area contributed by atoms with Gasteiger partial charge in [0.15, 0.2) is 0 Å². The molecule has 0 aromatic heterocycles. The van der Waals surface area contributed by atoms with Gasteiger partial charge >= 0.3 is 0 Å². The molecule has 128 valence electrons. The maximum Gasteiger partial charge on any atom is 0.238 e. The van der Waals surface area contributed by atoms with Crippen LogP contribution in [0.1, 0.15) is 12.8 Å². The lowest BCUT2D eigenvalue weighted by atomic mass is 9.97. The molecule has 7 heteroatoms. The van der Waals surface area contributed by atoms with Crippen molar-refractivity contribution < 1.29 is 9.59 Å². The molecule has 1 atom stereocenters. The fourth-order valence-electron chi connectivity index (χ4n) is 2.68. The first-order valence-electron chi connectivity index (χ1n) is 7.74. The van der Waals surface area contributed by atoms with E-state index in [2.05, 4.69) is 10.6 Å². The molecule has 1 fully saturated rings. The van der Waals surface area contributed by atoms with Crippen LogP contribution in [0.5, 0.6) is 0 Å². The first-order chi connectivity index (χ1) is 10.7. The zero-order valence-electron chi connectivity index (χ0n) is 13.2. The summed E-state index contributed by atoms with van der Waals surface area (Å²) in [6.07, 6.45) is 1.80. The molecule has 0 aliphatic carbocycles. The lowest BCUT2D eigenvalue weighted by Crippen LogP contribution is -2.46. The molecule has 1 heterocycles. The van der Waals surface area contributed by atoms with Gasteiger partial charge in [-0.25, -0.2) is 0 Å². The molecule has 2 amide bonds. The number of benzene rings is 1. The zero-order valence-corrected chi connectivity index (χ0v) is 14.0. The van der Waals surface area contributed by atoms with E-state index >= 15 is 0 Å². The zero-order chi connectivity index (χ0) is 15.8. The van der Waals surface area contributed by atoms with Gasteiger partial charge < -0.3 is 16.4 Å². The Kier molecular flexibility index (Phi) is 8.61. The fourth-order valence-corrected chi connectivity index (χ4v) is 2.68. The van der Waals surface area contributed by atoms with Crippen LogP contribution in [0, 0.1) is 5.92 Å². The number of rotatable bonds is 6. The molecular formula is C16H25ClN4O2. The summed E-state index contributed by atoms with van der Waals surface area (Å²) in [7, 11) is 0. The van der Waals surface area contributed by atoms with Crippen molar-refractivity contribution in [1.82, 2.24) is 10.2 Å². The monoisotopic (exact) mass is 340 g/mol. The summed E-state index contributed by atoms with van der Waals surface area (Å²) in [6.45, 7) is 2.74. The van der Waals surface area contributed by atoms with Crippen LogP contribution >= 0.6 is 12.4 Å². The van der Waals surface area contributed by atoms with Crippen molar-refractivity contribution in [3.05, 3.63) is 30.3 Å². The average Bonchev–Trinajstić information content (AvgIpc) is 2.53. The van der Waals surface area contributed by atoms with Crippen molar-refractivity contribution in [1.29, 1.82) is 0 Å². The summed E-state index contributed by atoms with van der Waals surface area (Å²) in [5.74, 6) is -0.0577. The summed E-state index contributed by atoms with van der Waals surface area (Å²) in [4.78, 5) is 26.1. The maximum absolute atomic E-state index is 12.1. The van der Waals surface area contributed by atoms with Crippen molar-refractivity contribution in [2.45, 2.75) is 12.8 Å². The van der Waals surface area contributed by atoms with E-state index in [0.29, 0.717) is 26.2 Å². The Labute approximate surface area is 143 Å². The number of nitrogens with two attached hydrogens (primary N) is 1. The quantitative estimate of drug-likeness (QED) is 0.716. The molecule has 0 radical (unpaired) electrons. The van der Waals surface area contributed by atoms with Crippen molar-refractivity contribution in [2.24, 2.45) is 11.7 Å². The lowest BCUT2D eigenvalue weighted by Gasteiger charge is -2.31. The third-order valence-electron chi connectivity index (χ3n) is 3.74. The Balaban J connectivity index is 0.00000264. The molecule has 23 heavy (non-hydrogen) atoms. The van der Waals surface area contributed by atoms with Gasteiger partial charge in [0.05, 0.1) is 12.5 Å². The van der Waals surface area contributed by atoms with Crippen molar-refractivity contribution in [3.8, 4) is 0 Å². The predicted molar refractivity (Wildman–Crippen MR) is 93.5 cm³/mol. The van der Waals surface area contributed by atoms with Crippen LogP contribution in [0.2, 0.25) is 0 Å². The Bertz CT molecular complexity index is 498. The molecule has 0 bridgehead atoms. The summed E-state index contributed by atoms with van der Waals surface area (Å²) in [5.41, 5.74) is 6.19. The number of likely N-dealkylation sites (tertiary alicyclic amines) is 1. The number of para-hydroxylation sites is 1. The summed E-state index contributed by atoms with van der Waals surface area (Å²) < 4.78 is 0. The lowest BCUT2D eigenvalue weighted by molar-refractivity contribution is -0.127. The second-order valence-electron chi connectivity index (χ2n) is 5.57. The number of hydrogen-bond acceptors (Lipinski definition) is 4. The molecule has 2 rings (SSSR count). The molecule has 1 aliphatic rings. The number of nitrogens with one attached hydrogen (secondary N) is 2. The van der Waals surface area contributed by atoms with E-state index in [1.54, 1.807) is 0 Å². The molecule has 1 aromatic rings. The van der Waals surface area contributed by atoms with E-state index in [-0.39, 0.29) is 30.1 Å². The molecule has 1 aliphatic heterocycles. The van der Waals surface area contributed by atoms with Crippen molar-refractivity contribution in [3.63, 3.8) is 0 Å². The number of amides is 2. The Morgan fingerprint density at radius 3 is 2.70 bits per heavy atom. The average molecular weight is 341 g/mol. The van der Waals surface area contributed by atoms with Gasteiger partial charge in [-0.15, -0.1) is 12.4 Å². The van der Waals surface area contributed by atoms with Gasteiger partial charge in [-0.1, -0.05) is 18.2 Å². The number of carbonyl (C=O) groups is 2. The molecule has 0 spiro atoms. The van der Waals surface area contributed by atoms with E-state index in [1.807, 2.05) is 35.2 Å². The standard InChI is InChI=1S/C16H24N4O2.ClH/c17-8-9-18-16(22)13-5-4-10-20(11-13)12-15(21)19-14-6-2-1-3-7-14;/h1-3,6-7,13H,4-5,8-12,17H2,(H,18,22)(H,19,21);1H. The summed E-state index contributed by atoms with van der Waals surface area (Å²) in [6, 6.07) is 9.39. The van der Waals surface area contributed by atoms with Gasteiger partial charge in [-0.05, 0) is 31.5 Å². The SMILES string of the molecule is Cl.NCCNC(=O)C1CCCN(CC(=O)Nc2ccccc2)C1. The van der Waals surface area contributed by atoms with Crippen LogP contribution < -0.4 is 16.4 Å². The molecule has 1 saturated heterocycles. The van der Waals surface area contributed by atoms with E-state index < -0.39 is 0 Å². The highest BCUT2D eigenvalue weighted by Crippen LogP contribution is 2.16. The minimum Gasteiger partial charge on any atom is -0.355 e. The topological polar surface area (TPSA) is 87.5 Å². The van der Waals surface area contributed by atoms with Crippen LogP contribution in [0.15, 0.2) is 30.3 Å². The normalized spacial score (nSPS) is 17.9. The van der Waals surface area contributed by atoms with Crippen LogP contribution in [0.3, 0.4) is 0 Å². The number of carbonyl (C=O) groups excluding carboxylic acids is 2. The Morgan fingerprint density at radius 2 is 2.00 bits per heavy atom. The number of hydrogen-bond donors (Lipinski definition) is 3. The second-order valence-corrected chi connectivity index (χ2v) is 5.57. The molecule has 1 unspecified atom stereocenters. The highest BCUT2D eigenvalue weighted by Gasteiger charge is 2.26. The van der Waals surface area contributed by atoms with Crippen LogP contribution in [-0.2, 0) is 9.59 Å². The van der Waals surface area contributed by atoms with Gasteiger partial charge in [-0.3, -0.25) is 14.5 Å². The van der Waals surface area contributed by atoms with Gasteiger partial charge in [0.1, 0.15) is 0 Å². The highest BCUT2D eigenvalue weighted by molar-refractivity contribution is 5.92. The van der Waals surface area contributed by atoms with Crippen molar-refractivity contribution >= 4 is 29.9 Å². The first kappa shape index (κ1) is 19.4. The van der Waals surface area contributed by atoms with Gasteiger partial charge in [-0.2, -0.15) is 0 Å². The first-order valence-corrected chi connectivity index (χ1v) is 7.74. The third-order valence-corrected chi connectivity index (χ3v) is 3.74. The predicted octanol–water partition coefficient (Wildman–Crippen LogP) is 0.834. The number of anilines is 1.